The van der Waals surface area contributed by atoms with E-state index in [4.69, 9.17) is 17.3 Å². The number of rotatable bonds is 2. The van der Waals surface area contributed by atoms with E-state index < -0.39 is 5.82 Å². The van der Waals surface area contributed by atoms with Gasteiger partial charge >= 0.3 is 0 Å². The van der Waals surface area contributed by atoms with E-state index in [9.17, 15) is 9.18 Å². The zero-order valence-electron chi connectivity index (χ0n) is 14.2. The maximum Gasteiger partial charge on any atom is 0.276 e. The Labute approximate surface area is 161 Å². The number of carbonyl (C=O) groups is 1. The quantitative estimate of drug-likeness (QED) is 0.841. The topological polar surface area (TPSA) is 77.0 Å². The number of fused-ring (bicyclic) bond motifs is 1. The fraction of sp³-hybridized carbons (Fsp3) is 0.471. The maximum atomic E-state index is 13.3. The summed E-state index contributed by atoms with van der Waals surface area (Å²) < 4.78 is 14.8. The highest BCUT2D eigenvalue weighted by molar-refractivity contribution is 6.30. The van der Waals surface area contributed by atoms with Crippen molar-refractivity contribution in [3.05, 3.63) is 40.4 Å². The van der Waals surface area contributed by atoms with Crippen molar-refractivity contribution < 1.29 is 9.18 Å². The average molecular weight is 400 g/mol. The number of carbonyl (C=O) groups excluding carboxylic acids is 1. The van der Waals surface area contributed by atoms with E-state index in [1.165, 1.54) is 16.8 Å². The van der Waals surface area contributed by atoms with Crippen LogP contribution in [0.15, 0.2) is 18.2 Å². The minimum atomic E-state index is -0.501. The van der Waals surface area contributed by atoms with Crippen molar-refractivity contribution in [1.82, 2.24) is 19.9 Å². The standard InChI is InChI=1S/C17H19ClFN5O.ClH/c1-9-16(17(25)23-7-10-2-5-15(20)12(10)8-23)21-22-24(9)11-3-4-14(19)13(18)6-11;/h3-4,6,10,12,15H,2,5,7-8,20H2,1H3;1H. The lowest BCUT2D eigenvalue weighted by molar-refractivity contribution is 0.0773. The summed E-state index contributed by atoms with van der Waals surface area (Å²) >= 11 is 5.83. The number of hydrogen-bond acceptors (Lipinski definition) is 4. The van der Waals surface area contributed by atoms with Crippen LogP contribution in [0.5, 0.6) is 0 Å². The minimum Gasteiger partial charge on any atom is -0.337 e. The van der Waals surface area contributed by atoms with Gasteiger partial charge in [-0.25, -0.2) is 9.07 Å². The zero-order chi connectivity index (χ0) is 17.7. The number of halogens is 3. The highest BCUT2D eigenvalue weighted by Gasteiger charge is 2.43. The van der Waals surface area contributed by atoms with Crippen LogP contribution < -0.4 is 5.73 Å². The summed E-state index contributed by atoms with van der Waals surface area (Å²) in [5.41, 5.74) is 7.63. The Morgan fingerprint density at radius 2 is 2.12 bits per heavy atom. The second-order valence-corrected chi connectivity index (χ2v) is 7.32. The molecule has 1 aliphatic heterocycles. The van der Waals surface area contributed by atoms with Crippen LogP contribution in [0.3, 0.4) is 0 Å². The number of aromatic nitrogens is 3. The minimum absolute atomic E-state index is 0. The van der Waals surface area contributed by atoms with Crippen molar-refractivity contribution in [3.8, 4) is 5.69 Å². The van der Waals surface area contributed by atoms with Gasteiger partial charge < -0.3 is 10.6 Å². The molecule has 26 heavy (non-hydrogen) atoms. The van der Waals surface area contributed by atoms with Crippen LogP contribution in [-0.2, 0) is 0 Å². The van der Waals surface area contributed by atoms with Gasteiger partial charge in [-0.1, -0.05) is 16.8 Å². The lowest BCUT2D eigenvalue weighted by Crippen LogP contribution is -2.34. The molecule has 2 N–H and O–H groups in total. The molecule has 0 bridgehead atoms. The van der Waals surface area contributed by atoms with E-state index in [0.717, 1.165) is 19.4 Å². The Hall–Kier alpha value is -1.70. The third-order valence-electron chi connectivity index (χ3n) is 5.44. The highest BCUT2D eigenvalue weighted by Crippen LogP contribution is 2.37. The van der Waals surface area contributed by atoms with Gasteiger partial charge in [-0.2, -0.15) is 0 Å². The van der Waals surface area contributed by atoms with E-state index in [-0.39, 0.29) is 29.4 Å². The zero-order valence-corrected chi connectivity index (χ0v) is 15.8. The van der Waals surface area contributed by atoms with Gasteiger partial charge in [0.05, 0.1) is 16.4 Å². The van der Waals surface area contributed by atoms with Crippen LogP contribution in [-0.4, -0.2) is 44.9 Å². The summed E-state index contributed by atoms with van der Waals surface area (Å²) in [6, 6.07) is 4.46. The normalized spacial score (nSPS) is 24.5. The van der Waals surface area contributed by atoms with Gasteiger partial charge in [0, 0.05) is 19.1 Å². The molecule has 1 aliphatic carbocycles. The second kappa shape index (κ2) is 7.13. The van der Waals surface area contributed by atoms with E-state index in [0.29, 0.717) is 35.5 Å². The van der Waals surface area contributed by atoms with E-state index in [2.05, 4.69) is 10.3 Å². The molecule has 3 unspecified atom stereocenters. The van der Waals surface area contributed by atoms with Crippen LogP contribution in [0.4, 0.5) is 4.39 Å². The first-order valence-electron chi connectivity index (χ1n) is 8.38. The van der Waals surface area contributed by atoms with Gasteiger partial charge in [0.2, 0.25) is 0 Å². The molecule has 9 heteroatoms. The summed E-state index contributed by atoms with van der Waals surface area (Å²) in [4.78, 5) is 14.7. The predicted molar refractivity (Wildman–Crippen MR) is 98.4 cm³/mol. The monoisotopic (exact) mass is 399 g/mol. The smallest absolute Gasteiger partial charge is 0.276 e. The Kier molecular flexibility index (Phi) is 5.23. The number of nitrogens with zero attached hydrogens (tertiary/aromatic N) is 4. The van der Waals surface area contributed by atoms with Crippen molar-refractivity contribution in [2.45, 2.75) is 25.8 Å². The van der Waals surface area contributed by atoms with E-state index in [1.807, 2.05) is 4.90 Å². The number of amides is 1. The van der Waals surface area contributed by atoms with E-state index in [1.54, 1.807) is 13.0 Å². The van der Waals surface area contributed by atoms with Crippen LogP contribution in [0.1, 0.15) is 29.0 Å². The molecule has 140 valence electrons. The molecule has 3 atom stereocenters. The van der Waals surface area contributed by atoms with Gasteiger partial charge in [0.1, 0.15) is 5.82 Å². The van der Waals surface area contributed by atoms with E-state index >= 15 is 0 Å². The molecule has 2 aliphatic rings. The van der Waals surface area contributed by atoms with Gasteiger partial charge in [0.25, 0.3) is 5.91 Å². The maximum absolute atomic E-state index is 13.3. The molecule has 1 saturated heterocycles. The fourth-order valence-electron chi connectivity index (χ4n) is 4.01. The summed E-state index contributed by atoms with van der Waals surface area (Å²) in [5, 5.41) is 8.11. The fourth-order valence-corrected chi connectivity index (χ4v) is 4.19. The van der Waals surface area contributed by atoms with Crippen molar-refractivity contribution >= 4 is 29.9 Å². The number of benzene rings is 1. The van der Waals surface area contributed by atoms with Gasteiger partial charge in [-0.15, -0.1) is 17.5 Å². The molecular weight excluding hydrogens is 380 g/mol. The first-order chi connectivity index (χ1) is 12.0. The summed E-state index contributed by atoms with van der Waals surface area (Å²) in [7, 11) is 0. The first kappa shape index (κ1) is 19.1. The molecule has 4 rings (SSSR count). The highest BCUT2D eigenvalue weighted by atomic mass is 35.5. The summed E-state index contributed by atoms with van der Waals surface area (Å²) in [6.07, 6.45) is 2.12. The van der Waals surface area contributed by atoms with Crippen molar-refractivity contribution in [1.29, 1.82) is 0 Å². The lowest BCUT2D eigenvalue weighted by atomic mass is 9.98. The van der Waals surface area contributed by atoms with Gasteiger partial charge in [0.15, 0.2) is 5.69 Å². The molecular formula is C17H20Cl2FN5O. The van der Waals surface area contributed by atoms with Gasteiger partial charge in [-0.05, 0) is 49.8 Å². The summed E-state index contributed by atoms with van der Waals surface area (Å²) in [5.74, 6) is 0.249. The molecule has 2 aromatic rings. The van der Waals surface area contributed by atoms with Crippen LogP contribution >= 0.6 is 24.0 Å². The molecule has 1 saturated carbocycles. The SMILES string of the molecule is Cc1c(C(=O)N2CC3CCC(N)C3C2)nnn1-c1ccc(F)c(Cl)c1.Cl. The molecule has 1 amide bonds. The van der Waals surface area contributed by atoms with Crippen LogP contribution in [0.25, 0.3) is 5.69 Å². The Bertz CT molecular complexity index is 843. The third kappa shape index (κ3) is 3.08. The van der Waals surface area contributed by atoms with Crippen LogP contribution in [0.2, 0.25) is 5.02 Å². The van der Waals surface area contributed by atoms with Gasteiger partial charge in [-0.3, -0.25) is 4.79 Å². The largest absolute Gasteiger partial charge is 0.337 e. The first-order valence-corrected chi connectivity index (χ1v) is 8.76. The molecule has 2 heterocycles. The number of likely N-dealkylation sites (tertiary alicyclic amines) is 1. The van der Waals surface area contributed by atoms with Crippen molar-refractivity contribution in [2.24, 2.45) is 17.6 Å². The molecule has 1 aromatic carbocycles. The molecule has 6 nitrogen and oxygen atoms in total. The Balaban J connectivity index is 0.00000196. The Morgan fingerprint density at radius 3 is 2.81 bits per heavy atom. The number of hydrogen-bond donors (Lipinski definition) is 1. The molecule has 2 fully saturated rings. The van der Waals surface area contributed by atoms with Crippen molar-refractivity contribution in [2.75, 3.05) is 13.1 Å². The van der Waals surface area contributed by atoms with Crippen molar-refractivity contribution in [3.63, 3.8) is 0 Å². The van der Waals surface area contributed by atoms with Crippen LogP contribution in [0, 0.1) is 24.6 Å². The molecule has 0 spiro atoms. The third-order valence-corrected chi connectivity index (χ3v) is 5.73. The molecule has 0 radical (unpaired) electrons. The predicted octanol–water partition coefficient (Wildman–Crippen LogP) is 2.60. The average Bonchev–Trinajstić information content (AvgIpc) is 3.26. The Morgan fingerprint density at radius 1 is 1.35 bits per heavy atom. The lowest BCUT2D eigenvalue weighted by Gasteiger charge is -2.17. The summed E-state index contributed by atoms with van der Waals surface area (Å²) in [6.45, 7) is 3.18. The number of nitrogens with two attached hydrogens (primary N) is 1. The second-order valence-electron chi connectivity index (χ2n) is 6.91. The molecule has 1 aromatic heterocycles.